The van der Waals surface area contributed by atoms with E-state index in [2.05, 4.69) is 29.7 Å². The summed E-state index contributed by atoms with van der Waals surface area (Å²) in [5, 5.41) is 6.78. The van der Waals surface area contributed by atoms with E-state index in [1.54, 1.807) is 0 Å². The number of nitrogens with one attached hydrogen (secondary N) is 2. The predicted octanol–water partition coefficient (Wildman–Crippen LogP) is 4.07. The van der Waals surface area contributed by atoms with Crippen LogP contribution in [0, 0.1) is 17.3 Å². The minimum Gasteiger partial charge on any atom is -0.446 e. The lowest BCUT2D eigenvalue weighted by Crippen LogP contribution is -2.69. The summed E-state index contributed by atoms with van der Waals surface area (Å²) < 4.78 is 5.83. The molecule has 1 saturated carbocycles. The van der Waals surface area contributed by atoms with Crippen molar-refractivity contribution in [3.63, 3.8) is 0 Å². The van der Waals surface area contributed by atoms with Crippen LogP contribution in [-0.4, -0.2) is 30.3 Å². The molecule has 28 heavy (non-hydrogen) atoms. The highest BCUT2D eigenvalue weighted by atomic mass is 16.6. The van der Waals surface area contributed by atoms with Crippen LogP contribution in [0.5, 0.6) is 0 Å². The molecule has 2 unspecified atom stereocenters. The molecule has 0 bridgehead atoms. The molecular formula is C23H35N3O2. The number of aromatic nitrogens is 1. The van der Waals surface area contributed by atoms with Crippen molar-refractivity contribution in [3.05, 3.63) is 23.4 Å². The van der Waals surface area contributed by atoms with Gasteiger partial charge in [-0.15, -0.1) is 0 Å². The Hall–Kier alpha value is -1.62. The first kappa shape index (κ1) is 19.7. The summed E-state index contributed by atoms with van der Waals surface area (Å²) in [4.78, 5) is 17.2. The van der Waals surface area contributed by atoms with Gasteiger partial charge in [0.25, 0.3) is 0 Å². The van der Waals surface area contributed by atoms with Gasteiger partial charge in [0.15, 0.2) is 6.23 Å². The minimum absolute atomic E-state index is 0.00840. The van der Waals surface area contributed by atoms with Crippen molar-refractivity contribution >= 4 is 11.8 Å². The summed E-state index contributed by atoms with van der Waals surface area (Å²) in [6.07, 6.45) is 9.98. The van der Waals surface area contributed by atoms with E-state index < -0.39 is 0 Å². The Morgan fingerprint density at radius 3 is 2.96 bits per heavy atom. The molecule has 2 fully saturated rings. The van der Waals surface area contributed by atoms with Crippen LogP contribution in [0.15, 0.2) is 12.1 Å². The van der Waals surface area contributed by atoms with Gasteiger partial charge in [0, 0.05) is 24.2 Å². The Morgan fingerprint density at radius 2 is 2.21 bits per heavy atom. The van der Waals surface area contributed by atoms with Crippen molar-refractivity contribution in [2.45, 2.75) is 77.9 Å². The summed E-state index contributed by atoms with van der Waals surface area (Å²) in [6.45, 7) is 6.20. The molecule has 5 heteroatoms. The predicted molar refractivity (Wildman–Crippen MR) is 111 cm³/mol. The molecule has 3 heterocycles. The van der Waals surface area contributed by atoms with Gasteiger partial charge in [-0.1, -0.05) is 39.2 Å². The number of hydrogen-bond donors (Lipinski definition) is 2. The van der Waals surface area contributed by atoms with Crippen LogP contribution in [0.4, 0.5) is 5.82 Å². The molecule has 154 valence electrons. The van der Waals surface area contributed by atoms with Gasteiger partial charge in [-0.2, -0.15) is 0 Å². The molecule has 1 aromatic heterocycles. The van der Waals surface area contributed by atoms with Gasteiger partial charge in [-0.05, 0) is 56.1 Å². The first-order chi connectivity index (χ1) is 13.6. The number of fused-ring (bicyclic) bond motifs is 1. The molecule has 5 nitrogen and oxygen atoms in total. The molecule has 4 rings (SSSR count). The van der Waals surface area contributed by atoms with E-state index >= 15 is 0 Å². The smallest absolute Gasteiger partial charge is 0.310 e. The molecule has 0 aromatic carbocycles. The van der Waals surface area contributed by atoms with Crippen LogP contribution in [-0.2, 0) is 22.4 Å². The summed E-state index contributed by atoms with van der Waals surface area (Å²) >= 11 is 0. The highest BCUT2D eigenvalue weighted by Gasteiger charge is 2.57. The number of carbonyl (C=O) groups is 1. The number of aryl methyl sites for hydroxylation is 1. The average molecular weight is 386 g/mol. The number of pyridine rings is 1. The lowest BCUT2D eigenvalue weighted by atomic mass is 9.56. The first-order valence-electron chi connectivity index (χ1n) is 11.3. The van der Waals surface area contributed by atoms with Gasteiger partial charge in [0.2, 0.25) is 0 Å². The highest BCUT2D eigenvalue weighted by molar-refractivity contribution is 5.72. The largest absolute Gasteiger partial charge is 0.446 e. The van der Waals surface area contributed by atoms with Crippen LogP contribution in [0.2, 0.25) is 0 Å². The number of rotatable bonds is 8. The lowest BCUT2D eigenvalue weighted by Gasteiger charge is -2.58. The Labute approximate surface area is 169 Å². The van der Waals surface area contributed by atoms with Crippen LogP contribution >= 0.6 is 0 Å². The molecule has 2 N–H and O–H groups in total. The molecular weight excluding hydrogens is 350 g/mol. The van der Waals surface area contributed by atoms with E-state index in [-0.39, 0.29) is 23.5 Å². The van der Waals surface area contributed by atoms with E-state index in [1.165, 1.54) is 30.5 Å². The van der Waals surface area contributed by atoms with E-state index in [0.29, 0.717) is 5.92 Å². The zero-order valence-electron chi connectivity index (χ0n) is 17.4. The third-order valence-electron chi connectivity index (χ3n) is 6.91. The fourth-order valence-electron chi connectivity index (χ4n) is 5.06. The zero-order chi connectivity index (χ0) is 19.6. The minimum atomic E-state index is -0.0805. The van der Waals surface area contributed by atoms with Crippen LogP contribution < -0.4 is 10.6 Å². The Kier molecular flexibility index (Phi) is 5.91. The third kappa shape index (κ3) is 4.05. The van der Waals surface area contributed by atoms with Crippen LogP contribution in [0.3, 0.4) is 0 Å². The molecule has 1 saturated heterocycles. The summed E-state index contributed by atoms with van der Waals surface area (Å²) in [7, 11) is 0. The van der Waals surface area contributed by atoms with E-state index in [4.69, 9.17) is 9.72 Å². The van der Waals surface area contributed by atoms with Crippen molar-refractivity contribution in [3.8, 4) is 0 Å². The van der Waals surface area contributed by atoms with Gasteiger partial charge in [0.1, 0.15) is 5.82 Å². The Bertz CT molecular complexity index is 699. The SMILES string of the molecule is CCCCCC(C)C(=O)OC1NCC12CC(Cc1ccc3c(n1)NCCC3)C2. The summed E-state index contributed by atoms with van der Waals surface area (Å²) in [6, 6.07) is 4.44. The van der Waals surface area contributed by atoms with Gasteiger partial charge in [-0.3, -0.25) is 10.1 Å². The number of esters is 1. The lowest BCUT2D eigenvalue weighted by molar-refractivity contribution is -0.198. The molecule has 0 amide bonds. The van der Waals surface area contributed by atoms with Crippen LogP contribution in [0.25, 0.3) is 0 Å². The molecule has 1 aliphatic carbocycles. The van der Waals surface area contributed by atoms with Gasteiger partial charge < -0.3 is 10.1 Å². The number of hydrogen-bond acceptors (Lipinski definition) is 5. The quantitative estimate of drug-likeness (QED) is 0.522. The zero-order valence-corrected chi connectivity index (χ0v) is 17.4. The Balaban J connectivity index is 1.24. The standard InChI is InChI=1S/C23H35N3O2/c1-3-4-5-7-16(2)21(27)28-22-23(15-25-22)13-17(14-23)12-19-10-9-18-8-6-11-24-20(18)26-19/h9-10,16-17,22,25H,3-8,11-15H2,1-2H3,(H,24,26). The van der Waals surface area contributed by atoms with Gasteiger partial charge in [0.05, 0.1) is 5.92 Å². The van der Waals surface area contributed by atoms with E-state index in [0.717, 1.165) is 57.4 Å². The maximum Gasteiger partial charge on any atom is 0.310 e. The maximum absolute atomic E-state index is 12.4. The molecule has 2 aliphatic heterocycles. The fourth-order valence-corrected chi connectivity index (χ4v) is 5.06. The second-order valence-electron chi connectivity index (χ2n) is 9.28. The second kappa shape index (κ2) is 8.40. The van der Waals surface area contributed by atoms with Crippen molar-refractivity contribution in [1.29, 1.82) is 0 Å². The third-order valence-corrected chi connectivity index (χ3v) is 6.91. The first-order valence-corrected chi connectivity index (χ1v) is 11.3. The monoisotopic (exact) mass is 385 g/mol. The molecule has 3 aliphatic rings. The summed E-state index contributed by atoms with van der Waals surface area (Å²) in [5.41, 5.74) is 2.72. The molecule has 1 aromatic rings. The maximum atomic E-state index is 12.4. The normalized spacial score (nSPS) is 29.2. The number of anilines is 1. The number of ether oxygens (including phenoxy) is 1. The second-order valence-corrected chi connectivity index (χ2v) is 9.28. The van der Waals surface area contributed by atoms with Gasteiger partial charge in [-0.25, -0.2) is 4.98 Å². The number of unbranched alkanes of at least 4 members (excludes halogenated alkanes) is 2. The van der Waals surface area contributed by atoms with Crippen molar-refractivity contribution in [2.24, 2.45) is 17.3 Å². The van der Waals surface area contributed by atoms with Crippen LogP contribution in [0.1, 0.15) is 70.1 Å². The van der Waals surface area contributed by atoms with E-state index in [9.17, 15) is 4.79 Å². The Morgan fingerprint density at radius 1 is 1.36 bits per heavy atom. The summed E-state index contributed by atoms with van der Waals surface area (Å²) in [5.74, 6) is 1.72. The van der Waals surface area contributed by atoms with Crippen molar-refractivity contribution in [2.75, 3.05) is 18.4 Å². The molecule has 0 radical (unpaired) electrons. The average Bonchev–Trinajstić information content (AvgIpc) is 2.67. The molecule has 1 spiro atoms. The fraction of sp³-hybridized carbons (Fsp3) is 0.739. The van der Waals surface area contributed by atoms with Gasteiger partial charge >= 0.3 is 5.97 Å². The number of nitrogens with zero attached hydrogens (tertiary/aromatic N) is 1. The van der Waals surface area contributed by atoms with E-state index in [1.807, 2.05) is 6.92 Å². The van der Waals surface area contributed by atoms with Crippen molar-refractivity contribution < 1.29 is 9.53 Å². The molecule has 2 atom stereocenters. The van der Waals surface area contributed by atoms with Crippen molar-refractivity contribution in [1.82, 2.24) is 10.3 Å². The highest BCUT2D eigenvalue weighted by Crippen LogP contribution is 2.53. The number of carbonyl (C=O) groups excluding carboxylic acids is 1. The topological polar surface area (TPSA) is 63.2 Å².